The van der Waals surface area contributed by atoms with E-state index in [0.717, 1.165) is 23.1 Å². The van der Waals surface area contributed by atoms with Gasteiger partial charge in [0.25, 0.3) is 0 Å². The van der Waals surface area contributed by atoms with Crippen molar-refractivity contribution >= 4 is 40.9 Å². The van der Waals surface area contributed by atoms with Gasteiger partial charge in [0.1, 0.15) is 22.3 Å². The molecule has 0 spiro atoms. The fourth-order valence-electron chi connectivity index (χ4n) is 2.13. The number of rotatable bonds is 5. The molecule has 3 rings (SSSR count). The van der Waals surface area contributed by atoms with Crippen molar-refractivity contribution < 1.29 is 27.1 Å². The largest absolute Gasteiger partial charge is 0.438 e. The Kier molecular flexibility index (Phi) is 5.33. The van der Waals surface area contributed by atoms with E-state index in [9.17, 15) is 22.4 Å². The number of hydrogen-bond donors (Lipinski definition) is 0. The highest BCUT2D eigenvalue weighted by molar-refractivity contribution is 7.10. The predicted molar refractivity (Wildman–Crippen MR) is 93.2 cm³/mol. The van der Waals surface area contributed by atoms with Crippen LogP contribution in [-0.2, 0) is 11.0 Å². The number of pyridine rings is 1. The molecular weight excluding hydrogens is 408 g/mol. The second-order valence-corrected chi connectivity index (χ2v) is 6.53. The summed E-state index contributed by atoms with van der Waals surface area (Å²) >= 11 is 6.49. The molecule has 140 valence electrons. The Morgan fingerprint density at radius 1 is 1.15 bits per heavy atom. The van der Waals surface area contributed by atoms with E-state index in [4.69, 9.17) is 16.3 Å². The molecule has 27 heavy (non-hydrogen) atoms. The van der Waals surface area contributed by atoms with Crippen LogP contribution in [0.2, 0.25) is 5.02 Å². The van der Waals surface area contributed by atoms with E-state index in [1.165, 1.54) is 29.6 Å². The van der Waals surface area contributed by atoms with Gasteiger partial charge in [0.05, 0.1) is 5.69 Å². The number of carbonyl (C=O) groups is 1. The number of alkyl halides is 3. The normalized spacial score (nSPS) is 11.3. The second kappa shape index (κ2) is 7.53. The minimum Gasteiger partial charge on any atom is -0.438 e. The van der Waals surface area contributed by atoms with Gasteiger partial charge in [-0.2, -0.15) is 18.2 Å². The molecule has 0 aliphatic carbocycles. The first-order chi connectivity index (χ1) is 12.8. The fourth-order valence-corrected chi connectivity index (χ4v) is 2.99. The van der Waals surface area contributed by atoms with E-state index in [0.29, 0.717) is 23.4 Å². The Balaban J connectivity index is 1.90. The first kappa shape index (κ1) is 19.1. The lowest BCUT2D eigenvalue weighted by Gasteiger charge is -2.17. The molecule has 0 N–H and O–H groups in total. The highest BCUT2D eigenvalue weighted by Gasteiger charge is 2.32. The molecule has 1 amide bonds. The maximum Gasteiger partial charge on any atom is 0.425 e. The summed E-state index contributed by atoms with van der Waals surface area (Å²) in [5, 5.41) is 1.33. The average molecular weight is 417 g/mol. The summed E-state index contributed by atoms with van der Waals surface area (Å²) in [6.45, 7) is 0. The second-order valence-electron chi connectivity index (χ2n) is 5.18. The summed E-state index contributed by atoms with van der Waals surface area (Å²) < 4.78 is 56.5. The summed E-state index contributed by atoms with van der Waals surface area (Å²) in [5.74, 6) is -0.582. The molecule has 2 aromatic heterocycles. The first-order valence-corrected chi connectivity index (χ1v) is 8.53. The van der Waals surface area contributed by atoms with Gasteiger partial charge < -0.3 is 4.74 Å². The molecule has 0 atom stereocenters. The molecule has 1 aromatic carbocycles. The summed E-state index contributed by atoms with van der Waals surface area (Å²) in [7, 11) is 0. The van der Waals surface area contributed by atoms with Crippen molar-refractivity contribution in [2.24, 2.45) is 0 Å². The van der Waals surface area contributed by atoms with Crippen LogP contribution in [0.4, 0.5) is 29.1 Å². The van der Waals surface area contributed by atoms with Crippen molar-refractivity contribution in [3.63, 3.8) is 0 Å². The molecule has 3 aromatic rings. The zero-order valence-corrected chi connectivity index (χ0v) is 14.8. The standard InChI is InChI=1S/C17H9ClF4N2O2S/c18-10-5-15(24(9-25)12-3-1-11(19)2-4-12)23-16(6-10)26-13-7-14(27-8-13)17(20,21)22/h1-9H. The van der Waals surface area contributed by atoms with E-state index in [-0.39, 0.29) is 22.5 Å². The monoisotopic (exact) mass is 416 g/mol. The number of nitrogens with zero attached hydrogens (tertiary/aromatic N) is 2. The molecule has 0 saturated carbocycles. The summed E-state index contributed by atoms with van der Waals surface area (Å²) in [6.07, 6.45) is -4.03. The SMILES string of the molecule is O=CN(c1ccc(F)cc1)c1cc(Cl)cc(Oc2csc(C(F)(F)F)c2)n1. The van der Waals surface area contributed by atoms with E-state index >= 15 is 0 Å². The quantitative estimate of drug-likeness (QED) is 0.376. The van der Waals surface area contributed by atoms with Crippen LogP contribution in [0.1, 0.15) is 4.88 Å². The van der Waals surface area contributed by atoms with Crippen molar-refractivity contribution in [1.82, 2.24) is 4.98 Å². The molecule has 0 radical (unpaired) electrons. The number of carbonyl (C=O) groups excluding carboxylic acids is 1. The number of amides is 1. The van der Waals surface area contributed by atoms with Crippen molar-refractivity contribution in [1.29, 1.82) is 0 Å². The topological polar surface area (TPSA) is 42.4 Å². The van der Waals surface area contributed by atoms with Gasteiger partial charge in [0, 0.05) is 28.6 Å². The van der Waals surface area contributed by atoms with Crippen LogP contribution in [0.15, 0.2) is 47.8 Å². The van der Waals surface area contributed by atoms with Crippen molar-refractivity contribution in [3.05, 3.63) is 63.6 Å². The minimum absolute atomic E-state index is 0.0605. The predicted octanol–water partition coefficient (Wildman–Crippen LogP) is 6.04. The Hall–Kier alpha value is -2.65. The van der Waals surface area contributed by atoms with E-state index in [1.807, 2.05) is 0 Å². The molecule has 0 aliphatic heterocycles. The van der Waals surface area contributed by atoms with Crippen molar-refractivity contribution in [2.45, 2.75) is 6.18 Å². The van der Waals surface area contributed by atoms with E-state index in [2.05, 4.69) is 4.98 Å². The number of benzene rings is 1. The third-order valence-corrected chi connectivity index (χ3v) is 4.46. The number of halogens is 5. The van der Waals surface area contributed by atoms with Gasteiger partial charge in [-0.1, -0.05) is 11.6 Å². The molecule has 0 bridgehead atoms. The lowest BCUT2D eigenvalue weighted by Crippen LogP contribution is -2.15. The molecule has 0 saturated heterocycles. The third kappa shape index (κ3) is 4.55. The van der Waals surface area contributed by atoms with Crippen LogP contribution in [0, 0.1) is 5.82 Å². The van der Waals surface area contributed by atoms with Crippen LogP contribution < -0.4 is 9.64 Å². The lowest BCUT2D eigenvalue weighted by molar-refractivity contribution is -0.134. The van der Waals surface area contributed by atoms with Gasteiger partial charge in [-0.25, -0.2) is 4.39 Å². The van der Waals surface area contributed by atoms with Gasteiger partial charge in [-0.3, -0.25) is 9.69 Å². The zero-order valence-electron chi connectivity index (χ0n) is 13.2. The zero-order chi connectivity index (χ0) is 19.6. The van der Waals surface area contributed by atoms with Crippen LogP contribution in [-0.4, -0.2) is 11.4 Å². The summed E-state index contributed by atoms with van der Waals surface area (Å²) in [6, 6.07) is 8.55. The molecular formula is C17H9ClF4N2O2S. The molecule has 4 nitrogen and oxygen atoms in total. The maximum atomic E-state index is 13.1. The Labute approximate surface area is 159 Å². The highest BCUT2D eigenvalue weighted by atomic mass is 35.5. The van der Waals surface area contributed by atoms with E-state index in [1.54, 1.807) is 0 Å². The summed E-state index contributed by atoms with van der Waals surface area (Å²) in [4.78, 5) is 15.8. The molecule has 0 fully saturated rings. The lowest BCUT2D eigenvalue weighted by atomic mass is 10.3. The fraction of sp³-hybridized carbons (Fsp3) is 0.0588. The number of hydrogen-bond acceptors (Lipinski definition) is 4. The minimum atomic E-state index is -4.48. The Bertz CT molecular complexity index is 960. The number of anilines is 2. The van der Waals surface area contributed by atoms with Gasteiger partial charge in [-0.05, 0) is 24.3 Å². The van der Waals surface area contributed by atoms with Gasteiger partial charge in [-0.15, -0.1) is 11.3 Å². The van der Waals surface area contributed by atoms with Crippen LogP contribution in [0.5, 0.6) is 11.6 Å². The van der Waals surface area contributed by atoms with Crippen LogP contribution in [0.25, 0.3) is 0 Å². The Morgan fingerprint density at radius 2 is 1.85 bits per heavy atom. The van der Waals surface area contributed by atoms with Gasteiger partial charge >= 0.3 is 6.18 Å². The summed E-state index contributed by atoms with van der Waals surface area (Å²) in [5.41, 5.74) is 0.321. The number of ether oxygens (including phenoxy) is 1. The first-order valence-electron chi connectivity index (χ1n) is 7.27. The molecule has 0 aliphatic rings. The molecule has 0 unspecified atom stereocenters. The maximum absolute atomic E-state index is 13.1. The Morgan fingerprint density at radius 3 is 2.44 bits per heavy atom. The van der Waals surface area contributed by atoms with Crippen molar-refractivity contribution in [3.8, 4) is 11.6 Å². The average Bonchev–Trinajstić information content (AvgIpc) is 3.05. The van der Waals surface area contributed by atoms with Crippen molar-refractivity contribution in [2.75, 3.05) is 4.90 Å². The van der Waals surface area contributed by atoms with Crippen LogP contribution in [0.3, 0.4) is 0 Å². The van der Waals surface area contributed by atoms with E-state index < -0.39 is 16.9 Å². The van der Waals surface area contributed by atoms with Gasteiger partial charge in [0.2, 0.25) is 12.3 Å². The van der Waals surface area contributed by atoms with Gasteiger partial charge in [0.15, 0.2) is 0 Å². The van der Waals surface area contributed by atoms with Crippen LogP contribution >= 0.6 is 22.9 Å². The smallest absolute Gasteiger partial charge is 0.425 e. The molecule has 10 heteroatoms. The third-order valence-electron chi connectivity index (χ3n) is 3.29. The highest BCUT2D eigenvalue weighted by Crippen LogP contribution is 2.38. The number of thiophene rings is 1. The number of aromatic nitrogens is 1. The molecule has 2 heterocycles.